The lowest BCUT2D eigenvalue weighted by Gasteiger charge is -2.03. The molecule has 15 heavy (non-hydrogen) atoms. The van der Waals surface area contributed by atoms with Crippen molar-refractivity contribution >= 4 is 0 Å². The highest BCUT2D eigenvalue weighted by molar-refractivity contribution is 5.15. The van der Waals surface area contributed by atoms with Crippen LogP contribution in [0.5, 0.6) is 0 Å². The highest BCUT2D eigenvalue weighted by Crippen LogP contribution is 2.32. The van der Waals surface area contributed by atoms with Crippen molar-refractivity contribution in [3.8, 4) is 0 Å². The number of furan rings is 1. The van der Waals surface area contributed by atoms with Gasteiger partial charge in [-0.05, 0) is 25.5 Å². The molecule has 1 aliphatic rings. The number of ether oxygens (including phenoxy) is 1. The minimum Gasteiger partial charge on any atom is -0.467 e. The monoisotopic (exact) mass is 209 g/mol. The molecule has 0 atom stereocenters. The normalized spacial score (nSPS) is 15.8. The van der Waals surface area contributed by atoms with Crippen LogP contribution in [0.3, 0.4) is 0 Å². The van der Waals surface area contributed by atoms with Gasteiger partial charge >= 0.3 is 0 Å². The molecule has 3 heteroatoms. The lowest BCUT2D eigenvalue weighted by Crippen LogP contribution is -2.07. The minimum atomic E-state index is 0.608. The van der Waals surface area contributed by atoms with E-state index in [1.165, 1.54) is 24.8 Å². The molecule has 84 valence electrons. The van der Waals surface area contributed by atoms with Gasteiger partial charge in [-0.2, -0.15) is 0 Å². The third kappa shape index (κ3) is 3.36. The zero-order valence-electron chi connectivity index (χ0n) is 9.29. The van der Waals surface area contributed by atoms with Crippen LogP contribution < -0.4 is 5.32 Å². The molecule has 0 amide bonds. The maximum absolute atomic E-state index is 5.59. The maximum Gasteiger partial charge on any atom is 0.133 e. The van der Waals surface area contributed by atoms with Crippen molar-refractivity contribution in [3.63, 3.8) is 0 Å². The van der Waals surface area contributed by atoms with Gasteiger partial charge in [0.05, 0.1) is 6.26 Å². The molecule has 1 aromatic rings. The molecule has 0 unspecified atom stereocenters. The van der Waals surface area contributed by atoms with Crippen molar-refractivity contribution < 1.29 is 9.15 Å². The van der Waals surface area contributed by atoms with Crippen molar-refractivity contribution in [1.29, 1.82) is 0 Å². The summed E-state index contributed by atoms with van der Waals surface area (Å²) in [7, 11) is 1.94. The van der Waals surface area contributed by atoms with E-state index in [1.807, 2.05) is 13.1 Å². The number of rotatable bonds is 7. The van der Waals surface area contributed by atoms with E-state index in [9.17, 15) is 0 Å². The molecule has 3 nitrogen and oxygen atoms in total. The van der Waals surface area contributed by atoms with E-state index in [2.05, 4.69) is 5.32 Å². The Morgan fingerprint density at radius 2 is 2.40 bits per heavy atom. The van der Waals surface area contributed by atoms with Crippen LogP contribution >= 0.6 is 0 Å². The van der Waals surface area contributed by atoms with E-state index >= 15 is 0 Å². The summed E-state index contributed by atoms with van der Waals surface area (Å²) < 4.78 is 11.0. The first kappa shape index (κ1) is 10.7. The Morgan fingerprint density at radius 1 is 1.53 bits per heavy atom. The fraction of sp³-hybridized carbons (Fsp3) is 0.667. The van der Waals surface area contributed by atoms with Gasteiger partial charge in [-0.25, -0.2) is 0 Å². The molecular formula is C12H19NO2. The van der Waals surface area contributed by atoms with Gasteiger partial charge in [-0.1, -0.05) is 12.8 Å². The summed E-state index contributed by atoms with van der Waals surface area (Å²) in [5, 5.41) is 3.11. The number of hydrogen-bond acceptors (Lipinski definition) is 3. The van der Waals surface area contributed by atoms with E-state index in [-0.39, 0.29) is 0 Å². The van der Waals surface area contributed by atoms with Crippen LogP contribution in [0.15, 0.2) is 16.7 Å². The predicted molar refractivity (Wildman–Crippen MR) is 58.5 cm³/mol. The van der Waals surface area contributed by atoms with Gasteiger partial charge in [0.15, 0.2) is 0 Å². The van der Waals surface area contributed by atoms with E-state index in [4.69, 9.17) is 9.15 Å². The molecular weight excluding hydrogens is 190 g/mol. The Kier molecular flexibility index (Phi) is 3.80. The molecule has 2 rings (SSSR count). The number of nitrogens with one attached hydrogen (secondary N) is 1. The lowest BCUT2D eigenvalue weighted by atomic mass is 10.2. The summed E-state index contributed by atoms with van der Waals surface area (Å²) in [6, 6.07) is 2.00. The van der Waals surface area contributed by atoms with Crippen molar-refractivity contribution in [2.45, 2.75) is 32.4 Å². The zero-order valence-corrected chi connectivity index (χ0v) is 9.29. The van der Waals surface area contributed by atoms with Gasteiger partial charge in [-0.15, -0.1) is 0 Å². The quantitative estimate of drug-likeness (QED) is 0.700. The van der Waals surface area contributed by atoms with Crippen LogP contribution in [0.4, 0.5) is 0 Å². The first-order chi connectivity index (χ1) is 7.40. The molecule has 0 saturated heterocycles. The van der Waals surface area contributed by atoms with Gasteiger partial charge in [-0.3, -0.25) is 0 Å². The first-order valence-electron chi connectivity index (χ1n) is 5.67. The third-order valence-electron chi connectivity index (χ3n) is 2.81. The summed E-state index contributed by atoms with van der Waals surface area (Å²) in [4.78, 5) is 0. The minimum absolute atomic E-state index is 0.608. The molecule has 0 radical (unpaired) electrons. The van der Waals surface area contributed by atoms with Crippen LogP contribution in [0.25, 0.3) is 0 Å². The van der Waals surface area contributed by atoms with Crippen LogP contribution in [-0.2, 0) is 17.9 Å². The Bertz CT molecular complexity index is 292. The SMILES string of the molecule is CNCc1ccoc1COCCC1CC1. The Hall–Kier alpha value is -0.800. The van der Waals surface area contributed by atoms with Crippen molar-refractivity contribution in [2.24, 2.45) is 5.92 Å². The average molecular weight is 209 g/mol. The molecule has 1 aromatic heterocycles. The molecule has 0 spiro atoms. The van der Waals surface area contributed by atoms with Crippen molar-refractivity contribution in [2.75, 3.05) is 13.7 Å². The second-order valence-electron chi connectivity index (χ2n) is 4.18. The Morgan fingerprint density at radius 3 is 3.13 bits per heavy atom. The predicted octanol–water partition coefficient (Wildman–Crippen LogP) is 2.32. The standard InChI is InChI=1S/C12H19NO2/c1-13-8-11-5-7-15-12(11)9-14-6-4-10-2-3-10/h5,7,10,13H,2-4,6,8-9H2,1H3. The molecule has 1 fully saturated rings. The molecule has 1 aliphatic carbocycles. The van der Waals surface area contributed by atoms with Crippen LogP contribution in [0.1, 0.15) is 30.6 Å². The van der Waals surface area contributed by atoms with E-state index in [1.54, 1.807) is 6.26 Å². The summed E-state index contributed by atoms with van der Waals surface area (Å²) in [5.74, 6) is 1.90. The number of hydrogen-bond donors (Lipinski definition) is 1. The summed E-state index contributed by atoms with van der Waals surface area (Å²) in [5.41, 5.74) is 1.20. The van der Waals surface area contributed by atoms with Crippen LogP contribution in [0, 0.1) is 5.92 Å². The summed E-state index contributed by atoms with van der Waals surface area (Å²) in [6.07, 6.45) is 5.73. The van der Waals surface area contributed by atoms with Gasteiger partial charge in [0.1, 0.15) is 12.4 Å². The Balaban J connectivity index is 1.68. The summed E-state index contributed by atoms with van der Waals surface area (Å²) in [6.45, 7) is 2.32. The maximum atomic E-state index is 5.59. The van der Waals surface area contributed by atoms with Gasteiger partial charge < -0.3 is 14.5 Å². The molecule has 0 aromatic carbocycles. The molecule has 0 aliphatic heterocycles. The van der Waals surface area contributed by atoms with Gasteiger partial charge in [0.25, 0.3) is 0 Å². The summed E-state index contributed by atoms with van der Waals surface area (Å²) >= 11 is 0. The van der Waals surface area contributed by atoms with Crippen LogP contribution in [-0.4, -0.2) is 13.7 Å². The lowest BCUT2D eigenvalue weighted by molar-refractivity contribution is 0.100. The Labute approximate surface area is 90.8 Å². The van der Waals surface area contributed by atoms with Gasteiger partial charge in [0, 0.05) is 18.7 Å². The molecule has 1 saturated carbocycles. The first-order valence-corrected chi connectivity index (χ1v) is 5.67. The smallest absolute Gasteiger partial charge is 0.133 e. The topological polar surface area (TPSA) is 34.4 Å². The largest absolute Gasteiger partial charge is 0.467 e. The van der Waals surface area contributed by atoms with Crippen molar-refractivity contribution in [3.05, 3.63) is 23.7 Å². The third-order valence-corrected chi connectivity index (χ3v) is 2.81. The van der Waals surface area contributed by atoms with E-state index < -0.39 is 0 Å². The van der Waals surface area contributed by atoms with Crippen molar-refractivity contribution in [1.82, 2.24) is 5.32 Å². The average Bonchev–Trinajstić information content (AvgIpc) is 2.96. The molecule has 1 N–H and O–H groups in total. The zero-order chi connectivity index (χ0) is 10.5. The fourth-order valence-corrected chi connectivity index (χ4v) is 1.66. The second-order valence-corrected chi connectivity index (χ2v) is 4.18. The highest BCUT2D eigenvalue weighted by Gasteiger charge is 2.20. The van der Waals surface area contributed by atoms with Crippen LogP contribution in [0.2, 0.25) is 0 Å². The van der Waals surface area contributed by atoms with E-state index in [0.717, 1.165) is 24.8 Å². The second kappa shape index (κ2) is 5.33. The van der Waals surface area contributed by atoms with E-state index in [0.29, 0.717) is 6.61 Å². The van der Waals surface area contributed by atoms with Gasteiger partial charge in [0.2, 0.25) is 0 Å². The molecule has 0 bridgehead atoms. The molecule has 1 heterocycles. The highest BCUT2D eigenvalue weighted by atomic mass is 16.5. The fourth-order valence-electron chi connectivity index (χ4n) is 1.66.